The molecule has 1 amide bonds. The smallest absolute Gasteiger partial charge is 0.240 e. The number of hydrazone groups is 1. The Morgan fingerprint density at radius 3 is 2.25 bits per heavy atom. The molecule has 0 bridgehead atoms. The van der Waals surface area contributed by atoms with E-state index >= 15 is 0 Å². The van der Waals surface area contributed by atoms with E-state index in [0.717, 1.165) is 18.4 Å². The van der Waals surface area contributed by atoms with E-state index in [4.69, 9.17) is 0 Å². The van der Waals surface area contributed by atoms with E-state index in [9.17, 15) is 4.79 Å². The molecular weight excluding hydrogens is 298 g/mol. The maximum Gasteiger partial charge on any atom is 0.240 e. The predicted octanol–water partition coefficient (Wildman–Crippen LogP) is 5.23. The van der Waals surface area contributed by atoms with E-state index < -0.39 is 0 Å². The van der Waals surface area contributed by atoms with Crippen molar-refractivity contribution < 1.29 is 4.79 Å². The van der Waals surface area contributed by atoms with Crippen molar-refractivity contribution in [2.75, 3.05) is 0 Å². The molecule has 1 heterocycles. The molecule has 0 fully saturated rings. The number of rotatable bonds is 14. The number of aromatic nitrogens is 1. The summed E-state index contributed by atoms with van der Waals surface area (Å²) in [6, 6.07) is 3.74. The van der Waals surface area contributed by atoms with E-state index in [2.05, 4.69) is 22.4 Å². The molecule has 0 spiro atoms. The minimum atomic E-state index is -0.00827. The van der Waals surface area contributed by atoms with Crippen LogP contribution in [0.3, 0.4) is 0 Å². The Morgan fingerprint density at radius 1 is 1.04 bits per heavy atom. The van der Waals surface area contributed by atoms with Gasteiger partial charge >= 0.3 is 0 Å². The van der Waals surface area contributed by atoms with E-state index in [1.807, 2.05) is 12.1 Å². The molecule has 0 saturated carbocycles. The fourth-order valence-electron chi connectivity index (χ4n) is 2.64. The summed E-state index contributed by atoms with van der Waals surface area (Å²) < 4.78 is 0. The summed E-state index contributed by atoms with van der Waals surface area (Å²) in [6.07, 6.45) is 19.8. The monoisotopic (exact) mass is 331 g/mol. The maximum atomic E-state index is 11.7. The summed E-state index contributed by atoms with van der Waals surface area (Å²) in [6.45, 7) is 2.26. The number of hydrogen-bond acceptors (Lipinski definition) is 3. The zero-order chi connectivity index (χ0) is 17.3. The van der Waals surface area contributed by atoms with Crippen molar-refractivity contribution in [3.05, 3.63) is 30.1 Å². The van der Waals surface area contributed by atoms with Crippen molar-refractivity contribution in [2.45, 2.75) is 84.0 Å². The zero-order valence-electron chi connectivity index (χ0n) is 15.2. The van der Waals surface area contributed by atoms with Gasteiger partial charge in [0.25, 0.3) is 0 Å². The lowest BCUT2D eigenvalue weighted by Crippen LogP contribution is -2.16. The van der Waals surface area contributed by atoms with Gasteiger partial charge in [0.2, 0.25) is 5.91 Å². The fourth-order valence-corrected chi connectivity index (χ4v) is 2.64. The summed E-state index contributed by atoms with van der Waals surface area (Å²) in [5, 5.41) is 3.95. The summed E-state index contributed by atoms with van der Waals surface area (Å²) in [4.78, 5) is 15.6. The average Bonchev–Trinajstić information content (AvgIpc) is 2.60. The Balaban J connectivity index is 1.88. The second kappa shape index (κ2) is 14.9. The average molecular weight is 332 g/mol. The number of unbranched alkanes of at least 4 members (excludes halogenated alkanes) is 10. The highest BCUT2D eigenvalue weighted by atomic mass is 16.2. The van der Waals surface area contributed by atoms with Gasteiger partial charge in [-0.2, -0.15) is 5.10 Å². The van der Waals surface area contributed by atoms with Gasteiger partial charge in [0.1, 0.15) is 0 Å². The van der Waals surface area contributed by atoms with Gasteiger partial charge in [-0.3, -0.25) is 9.78 Å². The van der Waals surface area contributed by atoms with Crippen LogP contribution >= 0.6 is 0 Å². The van der Waals surface area contributed by atoms with Gasteiger partial charge in [-0.15, -0.1) is 0 Å². The largest absolute Gasteiger partial charge is 0.273 e. The SMILES string of the molecule is CCCCCCCCCCCCCC(=O)N/N=C\c1cccnc1. The topological polar surface area (TPSA) is 54.4 Å². The number of nitrogens with zero attached hydrogens (tertiary/aromatic N) is 2. The first-order valence-electron chi connectivity index (χ1n) is 9.55. The predicted molar refractivity (Wildman–Crippen MR) is 101 cm³/mol. The Hall–Kier alpha value is -1.71. The molecule has 4 heteroatoms. The number of carbonyl (C=O) groups is 1. The van der Waals surface area contributed by atoms with Gasteiger partial charge in [0, 0.05) is 24.4 Å². The molecular formula is C20H33N3O. The number of pyridine rings is 1. The molecule has 0 radical (unpaired) electrons. The Labute approximate surface area is 147 Å². The van der Waals surface area contributed by atoms with E-state index in [0.29, 0.717) is 6.42 Å². The lowest BCUT2D eigenvalue weighted by atomic mass is 10.1. The highest BCUT2D eigenvalue weighted by Crippen LogP contribution is 2.11. The molecule has 0 aromatic carbocycles. The van der Waals surface area contributed by atoms with Crippen LogP contribution < -0.4 is 5.43 Å². The van der Waals surface area contributed by atoms with Gasteiger partial charge < -0.3 is 0 Å². The molecule has 24 heavy (non-hydrogen) atoms. The van der Waals surface area contributed by atoms with Gasteiger partial charge in [-0.05, 0) is 12.5 Å². The lowest BCUT2D eigenvalue weighted by Gasteiger charge is -2.02. The van der Waals surface area contributed by atoms with E-state index in [1.54, 1.807) is 18.6 Å². The van der Waals surface area contributed by atoms with Crippen molar-refractivity contribution in [3.8, 4) is 0 Å². The van der Waals surface area contributed by atoms with Crippen molar-refractivity contribution in [1.29, 1.82) is 0 Å². The molecule has 0 aliphatic heterocycles. The highest BCUT2D eigenvalue weighted by molar-refractivity contribution is 5.81. The molecule has 0 saturated heterocycles. The summed E-state index contributed by atoms with van der Waals surface area (Å²) >= 11 is 0. The van der Waals surface area contributed by atoms with Crippen LogP contribution in [0, 0.1) is 0 Å². The number of carbonyl (C=O) groups excluding carboxylic acids is 1. The van der Waals surface area contributed by atoms with Crippen LogP contribution in [0.15, 0.2) is 29.6 Å². The Bertz CT molecular complexity index is 445. The minimum Gasteiger partial charge on any atom is -0.273 e. The normalized spacial score (nSPS) is 11.0. The standard InChI is InChI=1S/C20H33N3O/c1-2-3-4-5-6-7-8-9-10-11-12-15-20(24)23-22-18-19-14-13-16-21-17-19/h13-14,16-18H,2-12,15H2,1H3,(H,23,24)/b22-18-. The molecule has 0 unspecified atom stereocenters. The summed E-state index contributed by atoms with van der Waals surface area (Å²) in [5.74, 6) is -0.00827. The van der Waals surface area contributed by atoms with Crippen molar-refractivity contribution >= 4 is 12.1 Å². The Kier molecular flexibility index (Phi) is 12.6. The first-order valence-corrected chi connectivity index (χ1v) is 9.55. The first kappa shape index (κ1) is 20.3. The lowest BCUT2D eigenvalue weighted by molar-refractivity contribution is -0.121. The van der Waals surface area contributed by atoms with E-state index in [-0.39, 0.29) is 5.91 Å². The van der Waals surface area contributed by atoms with Gasteiger partial charge in [0.15, 0.2) is 0 Å². The van der Waals surface area contributed by atoms with Crippen LogP contribution in [0.25, 0.3) is 0 Å². The van der Waals surface area contributed by atoms with Crippen LogP contribution in [0.5, 0.6) is 0 Å². The van der Waals surface area contributed by atoms with Crippen LogP contribution in [0.1, 0.15) is 89.5 Å². The van der Waals surface area contributed by atoms with Crippen molar-refractivity contribution in [1.82, 2.24) is 10.4 Å². The first-order chi connectivity index (χ1) is 11.8. The molecule has 1 rings (SSSR count). The number of amides is 1. The van der Waals surface area contributed by atoms with Crippen LogP contribution in [-0.4, -0.2) is 17.1 Å². The Morgan fingerprint density at radius 2 is 1.67 bits per heavy atom. The molecule has 1 N–H and O–H groups in total. The molecule has 4 nitrogen and oxygen atoms in total. The molecule has 0 aliphatic carbocycles. The molecule has 1 aromatic heterocycles. The van der Waals surface area contributed by atoms with Crippen LogP contribution in [0.4, 0.5) is 0 Å². The second-order valence-electron chi connectivity index (χ2n) is 6.37. The molecule has 0 atom stereocenters. The van der Waals surface area contributed by atoms with Gasteiger partial charge in [0.05, 0.1) is 6.21 Å². The zero-order valence-corrected chi connectivity index (χ0v) is 15.2. The summed E-state index contributed by atoms with van der Waals surface area (Å²) in [7, 11) is 0. The van der Waals surface area contributed by atoms with Gasteiger partial charge in [-0.1, -0.05) is 77.2 Å². The van der Waals surface area contributed by atoms with Crippen molar-refractivity contribution in [3.63, 3.8) is 0 Å². The third-order valence-electron chi connectivity index (χ3n) is 4.09. The maximum absolute atomic E-state index is 11.7. The van der Waals surface area contributed by atoms with Crippen LogP contribution in [0.2, 0.25) is 0 Å². The fraction of sp³-hybridized carbons (Fsp3) is 0.650. The third kappa shape index (κ3) is 11.8. The highest BCUT2D eigenvalue weighted by Gasteiger charge is 1.99. The number of hydrogen-bond donors (Lipinski definition) is 1. The van der Waals surface area contributed by atoms with E-state index in [1.165, 1.54) is 57.8 Å². The minimum absolute atomic E-state index is 0.00827. The summed E-state index contributed by atoms with van der Waals surface area (Å²) in [5.41, 5.74) is 3.45. The third-order valence-corrected chi connectivity index (χ3v) is 4.09. The molecule has 134 valence electrons. The molecule has 1 aromatic rings. The number of nitrogens with one attached hydrogen (secondary N) is 1. The quantitative estimate of drug-likeness (QED) is 0.288. The van der Waals surface area contributed by atoms with Crippen molar-refractivity contribution in [2.24, 2.45) is 5.10 Å². The molecule has 0 aliphatic rings. The second-order valence-corrected chi connectivity index (χ2v) is 6.37. The van der Waals surface area contributed by atoms with Crippen LogP contribution in [-0.2, 0) is 4.79 Å². The van der Waals surface area contributed by atoms with Gasteiger partial charge in [-0.25, -0.2) is 5.43 Å².